The van der Waals surface area contributed by atoms with Gasteiger partial charge in [-0.15, -0.1) is 0 Å². The second-order valence-corrected chi connectivity index (χ2v) is 3.15. The standard InChI is InChI=1S/C8H9Cl2NO2/c1-12-5-13-4-6-2-7(9)11-8(10)3-6/h2-3H,4-5H2,1H3. The lowest BCUT2D eigenvalue weighted by Gasteiger charge is -2.03. The molecule has 1 heterocycles. The summed E-state index contributed by atoms with van der Waals surface area (Å²) in [6.45, 7) is 0.660. The van der Waals surface area contributed by atoms with Gasteiger partial charge in [0.1, 0.15) is 17.1 Å². The fourth-order valence-corrected chi connectivity index (χ4v) is 1.35. The Labute approximate surface area is 86.6 Å². The van der Waals surface area contributed by atoms with Crippen LogP contribution in [0.4, 0.5) is 0 Å². The molecular weight excluding hydrogens is 213 g/mol. The molecular formula is C8H9Cl2NO2. The van der Waals surface area contributed by atoms with Crippen LogP contribution in [0.5, 0.6) is 0 Å². The average Bonchev–Trinajstić information content (AvgIpc) is 2.03. The molecule has 0 atom stereocenters. The zero-order valence-corrected chi connectivity index (χ0v) is 8.60. The molecule has 0 unspecified atom stereocenters. The van der Waals surface area contributed by atoms with Crippen LogP contribution in [0.2, 0.25) is 10.3 Å². The molecule has 1 aromatic heterocycles. The minimum atomic E-state index is 0.248. The monoisotopic (exact) mass is 221 g/mol. The van der Waals surface area contributed by atoms with Gasteiger partial charge in [0, 0.05) is 7.11 Å². The molecule has 0 aromatic carbocycles. The summed E-state index contributed by atoms with van der Waals surface area (Å²) in [5, 5.41) is 0.729. The molecule has 0 saturated carbocycles. The lowest BCUT2D eigenvalue weighted by atomic mass is 10.3. The van der Waals surface area contributed by atoms with E-state index in [4.69, 9.17) is 32.7 Å². The fraction of sp³-hybridized carbons (Fsp3) is 0.375. The highest BCUT2D eigenvalue weighted by Crippen LogP contribution is 2.15. The smallest absolute Gasteiger partial charge is 0.146 e. The van der Waals surface area contributed by atoms with Crippen LogP contribution in [0.1, 0.15) is 5.56 Å². The second-order valence-electron chi connectivity index (χ2n) is 2.38. The van der Waals surface area contributed by atoms with E-state index in [1.807, 2.05) is 0 Å². The van der Waals surface area contributed by atoms with Gasteiger partial charge in [0.25, 0.3) is 0 Å². The first-order valence-corrected chi connectivity index (χ1v) is 4.36. The van der Waals surface area contributed by atoms with Crippen LogP contribution in [-0.4, -0.2) is 18.9 Å². The maximum absolute atomic E-state index is 5.68. The summed E-state index contributed by atoms with van der Waals surface area (Å²) in [6, 6.07) is 3.40. The Morgan fingerprint density at radius 2 is 1.92 bits per heavy atom. The number of ether oxygens (including phenoxy) is 2. The largest absolute Gasteiger partial charge is 0.359 e. The quantitative estimate of drug-likeness (QED) is 0.445. The van der Waals surface area contributed by atoms with Gasteiger partial charge in [-0.3, -0.25) is 0 Å². The molecule has 0 aliphatic heterocycles. The number of rotatable bonds is 4. The van der Waals surface area contributed by atoms with Crippen molar-refractivity contribution in [3.63, 3.8) is 0 Å². The molecule has 0 fully saturated rings. The predicted octanol–water partition coefficient (Wildman–Crippen LogP) is 2.51. The van der Waals surface area contributed by atoms with Gasteiger partial charge < -0.3 is 9.47 Å². The molecule has 1 aromatic rings. The van der Waals surface area contributed by atoms with E-state index in [2.05, 4.69) is 4.98 Å². The Bertz CT molecular complexity index is 261. The van der Waals surface area contributed by atoms with Crippen LogP contribution in [0, 0.1) is 0 Å². The lowest BCUT2D eigenvalue weighted by Crippen LogP contribution is -1.97. The van der Waals surface area contributed by atoms with Crippen molar-refractivity contribution < 1.29 is 9.47 Å². The molecule has 0 amide bonds. The van der Waals surface area contributed by atoms with Gasteiger partial charge >= 0.3 is 0 Å². The van der Waals surface area contributed by atoms with E-state index in [-0.39, 0.29) is 6.79 Å². The minimum absolute atomic E-state index is 0.248. The summed E-state index contributed by atoms with van der Waals surface area (Å²) in [4.78, 5) is 3.81. The molecule has 5 heteroatoms. The summed E-state index contributed by atoms with van der Waals surface area (Å²) in [7, 11) is 1.56. The van der Waals surface area contributed by atoms with Crippen molar-refractivity contribution >= 4 is 23.2 Å². The van der Waals surface area contributed by atoms with E-state index in [1.165, 1.54) is 0 Å². The van der Waals surface area contributed by atoms with Crippen LogP contribution < -0.4 is 0 Å². The molecule has 72 valence electrons. The Morgan fingerprint density at radius 3 is 2.46 bits per heavy atom. The number of hydrogen-bond acceptors (Lipinski definition) is 3. The maximum atomic E-state index is 5.68. The van der Waals surface area contributed by atoms with Gasteiger partial charge in [0.2, 0.25) is 0 Å². The summed E-state index contributed by atoms with van der Waals surface area (Å²) in [5.74, 6) is 0. The number of hydrogen-bond donors (Lipinski definition) is 0. The molecule has 0 bridgehead atoms. The Kier molecular flexibility index (Phi) is 4.45. The highest BCUT2D eigenvalue weighted by Gasteiger charge is 1.99. The van der Waals surface area contributed by atoms with Crippen LogP contribution >= 0.6 is 23.2 Å². The molecule has 0 radical (unpaired) electrons. The highest BCUT2D eigenvalue weighted by atomic mass is 35.5. The van der Waals surface area contributed by atoms with Crippen molar-refractivity contribution in [1.82, 2.24) is 4.98 Å². The van der Waals surface area contributed by atoms with E-state index in [1.54, 1.807) is 19.2 Å². The van der Waals surface area contributed by atoms with Crippen molar-refractivity contribution in [2.24, 2.45) is 0 Å². The Hall–Kier alpha value is -0.350. The first-order chi connectivity index (χ1) is 6.22. The van der Waals surface area contributed by atoms with Gasteiger partial charge in [-0.05, 0) is 17.7 Å². The SMILES string of the molecule is COCOCc1cc(Cl)nc(Cl)c1. The molecule has 0 N–H and O–H groups in total. The van der Waals surface area contributed by atoms with Crippen molar-refractivity contribution in [1.29, 1.82) is 0 Å². The van der Waals surface area contributed by atoms with Crippen molar-refractivity contribution in [2.75, 3.05) is 13.9 Å². The van der Waals surface area contributed by atoms with Crippen LogP contribution in [0.15, 0.2) is 12.1 Å². The molecule has 0 saturated heterocycles. The van der Waals surface area contributed by atoms with E-state index >= 15 is 0 Å². The Balaban J connectivity index is 2.56. The average molecular weight is 222 g/mol. The first-order valence-electron chi connectivity index (χ1n) is 3.61. The predicted molar refractivity (Wildman–Crippen MR) is 50.9 cm³/mol. The van der Waals surface area contributed by atoms with Crippen LogP contribution in [0.3, 0.4) is 0 Å². The minimum Gasteiger partial charge on any atom is -0.359 e. The highest BCUT2D eigenvalue weighted by molar-refractivity contribution is 6.32. The zero-order valence-electron chi connectivity index (χ0n) is 7.09. The van der Waals surface area contributed by atoms with Crippen molar-refractivity contribution in [3.8, 4) is 0 Å². The van der Waals surface area contributed by atoms with Gasteiger partial charge in [-0.25, -0.2) is 4.98 Å². The summed E-state index contributed by atoms with van der Waals surface area (Å²) >= 11 is 11.4. The molecule has 0 aliphatic rings. The van der Waals surface area contributed by atoms with E-state index < -0.39 is 0 Å². The van der Waals surface area contributed by atoms with E-state index in [0.29, 0.717) is 16.9 Å². The van der Waals surface area contributed by atoms with E-state index in [9.17, 15) is 0 Å². The third-order valence-electron chi connectivity index (χ3n) is 1.29. The zero-order chi connectivity index (χ0) is 9.68. The maximum Gasteiger partial charge on any atom is 0.146 e. The third-order valence-corrected chi connectivity index (χ3v) is 1.68. The second kappa shape index (κ2) is 5.40. The summed E-state index contributed by atoms with van der Waals surface area (Å²) < 4.78 is 9.83. The van der Waals surface area contributed by atoms with E-state index in [0.717, 1.165) is 5.56 Å². The molecule has 0 aliphatic carbocycles. The van der Waals surface area contributed by atoms with Gasteiger partial charge in [-0.2, -0.15) is 0 Å². The number of halogens is 2. The van der Waals surface area contributed by atoms with Crippen molar-refractivity contribution in [3.05, 3.63) is 28.0 Å². The first kappa shape index (κ1) is 10.7. The molecule has 1 rings (SSSR count). The normalized spacial score (nSPS) is 10.4. The number of methoxy groups -OCH3 is 1. The van der Waals surface area contributed by atoms with Crippen molar-refractivity contribution in [2.45, 2.75) is 6.61 Å². The number of aromatic nitrogens is 1. The third kappa shape index (κ3) is 3.91. The fourth-order valence-electron chi connectivity index (χ4n) is 0.840. The summed E-state index contributed by atoms with van der Waals surface area (Å²) in [5.41, 5.74) is 0.877. The number of nitrogens with zero attached hydrogens (tertiary/aromatic N) is 1. The lowest BCUT2D eigenvalue weighted by molar-refractivity contribution is -0.0390. The molecule has 3 nitrogen and oxygen atoms in total. The van der Waals surface area contributed by atoms with Gasteiger partial charge in [-0.1, -0.05) is 23.2 Å². The van der Waals surface area contributed by atoms with Gasteiger partial charge in [0.05, 0.1) is 6.61 Å². The van der Waals surface area contributed by atoms with Crippen LogP contribution in [0.25, 0.3) is 0 Å². The molecule has 0 spiro atoms. The van der Waals surface area contributed by atoms with Crippen LogP contribution in [-0.2, 0) is 16.1 Å². The summed E-state index contributed by atoms with van der Waals surface area (Å²) in [6.07, 6.45) is 0. The number of pyridine rings is 1. The molecule has 13 heavy (non-hydrogen) atoms. The Morgan fingerprint density at radius 1 is 1.31 bits per heavy atom. The van der Waals surface area contributed by atoms with Gasteiger partial charge in [0.15, 0.2) is 0 Å². The topological polar surface area (TPSA) is 31.4 Å².